The Morgan fingerprint density at radius 2 is 2.04 bits per heavy atom. The van der Waals surface area contributed by atoms with Crippen molar-refractivity contribution in [3.8, 4) is 0 Å². The summed E-state index contributed by atoms with van der Waals surface area (Å²) < 4.78 is 11.6. The molecule has 3 heterocycles. The van der Waals surface area contributed by atoms with E-state index in [9.17, 15) is 9.59 Å². The molecule has 0 aromatic carbocycles. The van der Waals surface area contributed by atoms with E-state index in [2.05, 4.69) is 4.90 Å². The second-order valence-corrected chi connectivity index (χ2v) is 7.85. The van der Waals surface area contributed by atoms with Gasteiger partial charge in [0.15, 0.2) is 0 Å². The van der Waals surface area contributed by atoms with Crippen LogP contribution < -0.4 is 0 Å². The number of nitrogens with zero attached hydrogens (tertiary/aromatic N) is 3. The first-order valence-electron chi connectivity index (χ1n) is 9.39. The lowest BCUT2D eigenvalue weighted by atomic mass is 9.89. The van der Waals surface area contributed by atoms with Gasteiger partial charge in [-0.25, -0.2) is 0 Å². The molecule has 0 N–H and O–H groups in total. The van der Waals surface area contributed by atoms with Crippen molar-refractivity contribution in [3.05, 3.63) is 0 Å². The Balaban J connectivity index is 1.57. The molecule has 3 aliphatic heterocycles. The van der Waals surface area contributed by atoms with Crippen molar-refractivity contribution in [3.63, 3.8) is 0 Å². The van der Waals surface area contributed by atoms with Crippen LogP contribution in [0.1, 0.15) is 25.7 Å². The highest BCUT2D eigenvalue weighted by molar-refractivity contribution is 5.84. The highest BCUT2D eigenvalue weighted by Gasteiger charge is 2.41. The van der Waals surface area contributed by atoms with Crippen LogP contribution in [0.15, 0.2) is 0 Å². The molecule has 25 heavy (non-hydrogen) atoms. The van der Waals surface area contributed by atoms with Gasteiger partial charge in [-0.2, -0.15) is 0 Å². The summed E-state index contributed by atoms with van der Waals surface area (Å²) in [7, 11) is 3.45. The van der Waals surface area contributed by atoms with E-state index in [1.807, 2.05) is 0 Å². The molecule has 3 rings (SSSR count). The van der Waals surface area contributed by atoms with Gasteiger partial charge in [-0.3, -0.25) is 9.59 Å². The third-order valence-corrected chi connectivity index (χ3v) is 5.69. The number of carbonyl (C=O) groups is 2. The van der Waals surface area contributed by atoms with E-state index in [0.29, 0.717) is 25.5 Å². The Morgan fingerprint density at radius 1 is 1.28 bits per heavy atom. The Hall–Kier alpha value is -1.18. The molecule has 1 spiro atoms. The van der Waals surface area contributed by atoms with Gasteiger partial charge in [-0.05, 0) is 25.2 Å². The summed E-state index contributed by atoms with van der Waals surface area (Å²) in [6.45, 7) is 5.99. The number of ether oxygens (including phenoxy) is 2. The van der Waals surface area contributed by atoms with Gasteiger partial charge in [0, 0.05) is 40.3 Å². The molecule has 0 aromatic rings. The fourth-order valence-electron chi connectivity index (χ4n) is 3.98. The topological polar surface area (TPSA) is 62.3 Å². The number of likely N-dealkylation sites (tertiary alicyclic amines) is 1. The number of hydrogen-bond donors (Lipinski definition) is 0. The molecule has 3 saturated heterocycles. The highest BCUT2D eigenvalue weighted by atomic mass is 16.5. The van der Waals surface area contributed by atoms with E-state index in [-0.39, 0.29) is 24.0 Å². The van der Waals surface area contributed by atoms with Gasteiger partial charge >= 0.3 is 0 Å². The molecule has 2 amide bonds. The summed E-state index contributed by atoms with van der Waals surface area (Å²) in [6.07, 6.45) is 3.36. The zero-order valence-corrected chi connectivity index (χ0v) is 15.5. The van der Waals surface area contributed by atoms with Crippen molar-refractivity contribution < 1.29 is 19.1 Å². The van der Waals surface area contributed by atoms with Crippen molar-refractivity contribution in [2.24, 2.45) is 5.92 Å². The summed E-state index contributed by atoms with van der Waals surface area (Å²) in [5.41, 5.74) is -0.290. The van der Waals surface area contributed by atoms with Crippen molar-refractivity contribution in [1.29, 1.82) is 0 Å². The molecular weight excluding hydrogens is 322 g/mol. The molecule has 0 aromatic heterocycles. The number of amides is 2. The summed E-state index contributed by atoms with van der Waals surface area (Å²) in [5.74, 6) is 0.640. The minimum absolute atomic E-state index is 0.0256. The molecule has 1 atom stereocenters. The zero-order valence-electron chi connectivity index (χ0n) is 15.5. The summed E-state index contributed by atoms with van der Waals surface area (Å²) in [5, 5.41) is 0. The number of piperidine rings is 1. The summed E-state index contributed by atoms with van der Waals surface area (Å²) in [6, 6.07) is 0. The predicted molar refractivity (Wildman–Crippen MR) is 93.2 cm³/mol. The SMILES string of the molecule is CN(C)C(=O)CN1CC2(CCN(CC3CCOC3)CC2)OCCC1=O. The van der Waals surface area contributed by atoms with Gasteiger partial charge < -0.3 is 24.2 Å². The third-order valence-electron chi connectivity index (χ3n) is 5.69. The van der Waals surface area contributed by atoms with Gasteiger partial charge in [0.2, 0.25) is 11.8 Å². The molecule has 1 unspecified atom stereocenters. The van der Waals surface area contributed by atoms with Gasteiger partial charge in [0.1, 0.15) is 0 Å². The fraction of sp³-hybridized carbons (Fsp3) is 0.889. The number of rotatable bonds is 4. The van der Waals surface area contributed by atoms with Gasteiger partial charge in [-0.15, -0.1) is 0 Å². The third kappa shape index (κ3) is 4.71. The minimum atomic E-state index is -0.290. The van der Waals surface area contributed by atoms with Crippen LogP contribution in [0.3, 0.4) is 0 Å². The average molecular weight is 353 g/mol. The van der Waals surface area contributed by atoms with Gasteiger partial charge in [0.05, 0.1) is 38.3 Å². The van der Waals surface area contributed by atoms with Crippen LogP contribution in [-0.2, 0) is 19.1 Å². The summed E-state index contributed by atoms with van der Waals surface area (Å²) in [4.78, 5) is 30.1. The molecule has 3 fully saturated rings. The molecular formula is C18H31N3O4. The second kappa shape index (κ2) is 8.01. The van der Waals surface area contributed by atoms with Crippen LogP contribution >= 0.6 is 0 Å². The number of hydrogen-bond acceptors (Lipinski definition) is 5. The van der Waals surface area contributed by atoms with Crippen LogP contribution in [0.2, 0.25) is 0 Å². The first-order chi connectivity index (χ1) is 12.0. The van der Waals surface area contributed by atoms with Crippen LogP contribution in [0, 0.1) is 5.92 Å². The first kappa shape index (κ1) is 18.6. The Morgan fingerprint density at radius 3 is 2.68 bits per heavy atom. The molecule has 0 saturated carbocycles. The maximum atomic E-state index is 12.3. The van der Waals surface area contributed by atoms with Gasteiger partial charge in [0.25, 0.3) is 0 Å². The second-order valence-electron chi connectivity index (χ2n) is 7.85. The van der Waals surface area contributed by atoms with Crippen molar-refractivity contribution in [2.75, 3.05) is 66.6 Å². The van der Waals surface area contributed by atoms with E-state index in [0.717, 1.165) is 52.1 Å². The minimum Gasteiger partial charge on any atom is -0.381 e. The Labute approximate surface area is 150 Å². The first-order valence-corrected chi connectivity index (χ1v) is 9.39. The molecule has 0 bridgehead atoms. The highest BCUT2D eigenvalue weighted by Crippen LogP contribution is 2.31. The Bertz CT molecular complexity index is 483. The predicted octanol–water partition coefficient (Wildman–Crippen LogP) is 0.195. The van der Waals surface area contributed by atoms with Crippen molar-refractivity contribution >= 4 is 11.8 Å². The Kier molecular flexibility index (Phi) is 5.96. The van der Waals surface area contributed by atoms with E-state index < -0.39 is 0 Å². The fourth-order valence-corrected chi connectivity index (χ4v) is 3.98. The van der Waals surface area contributed by atoms with Crippen molar-refractivity contribution in [1.82, 2.24) is 14.7 Å². The van der Waals surface area contributed by atoms with Crippen LogP contribution in [0.4, 0.5) is 0 Å². The largest absolute Gasteiger partial charge is 0.381 e. The smallest absolute Gasteiger partial charge is 0.241 e. The van der Waals surface area contributed by atoms with Gasteiger partial charge in [-0.1, -0.05) is 0 Å². The monoisotopic (exact) mass is 353 g/mol. The van der Waals surface area contributed by atoms with Crippen molar-refractivity contribution in [2.45, 2.75) is 31.3 Å². The number of likely N-dealkylation sites (N-methyl/N-ethyl adjacent to an activating group) is 1. The van der Waals surface area contributed by atoms with E-state index in [4.69, 9.17) is 9.47 Å². The lowest BCUT2D eigenvalue weighted by Crippen LogP contribution is -2.53. The normalized spacial score (nSPS) is 27.5. The molecule has 7 nitrogen and oxygen atoms in total. The lowest BCUT2D eigenvalue weighted by molar-refractivity contribution is -0.140. The van der Waals surface area contributed by atoms with E-state index in [1.54, 1.807) is 19.0 Å². The molecule has 142 valence electrons. The molecule has 0 radical (unpaired) electrons. The van der Waals surface area contributed by atoms with E-state index >= 15 is 0 Å². The van der Waals surface area contributed by atoms with Crippen LogP contribution in [0.5, 0.6) is 0 Å². The standard InChI is InChI=1S/C18H31N3O4/c1-19(2)17(23)12-21-14-18(25-10-4-16(21)22)5-7-20(8-6-18)11-15-3-9-24-13-15/h15H,3-14H2,1-2H3. The average Bonchev–Trinajstić information content (AvgIpc) is 3.04. The quantitative estimate of drug-likeness (QED) is 0.722. The van der Waals surface area contributed by atoms with Crippen LogP contribution in [0.25, 0.3) is 0 Å². The summed E-state index contributed by atoms with van der Waals surface area (Å²) >= 11 is 0. The van der Waals surface area contributed by atoms with Crippen LogP contribution in [-0.4, -0.2) is 98.8 Å². The maximum absolute atomic E-state index is 12.3. The molecule has 7 heteroatoms. The number of carbonyl (C=O) groups excluding carboxylic acids is 2. The van der Waals surface area contributed by atoms with E-state index in [1.165, 1.54) is 4.90 Å². The molecule has 0 aliphatic carbocycles. The zero-order chi connectivity index (χ0) is 17.9. The maximum Gasteiger partial charge on any atom is 0.241 e. The molecule has 3 aliphatic rings. The lowest BCUT2D eigenvalue weighted by Gasteiger charge is -2.43.